The van der Waals surface area contributed by atoms with Crippen molar-refractivity contribution in [2.75, 3.05) is 26.4 Å². The van der Waals surface area contributed by atoms with Gasteiger partial charge in [-0.25, -0.2) is 4.18 Å². The van der Waals surface area contributed by atoms with Crippen LogP contribution < -0.4 is 21.3 Å². The molecule has 78 heavy (non-hydrogen) atoms. The van der Waals surface area contributed by atoms with Gasteiger partial charge in [-0.05, 0) is 32.1 Å². The largest absolute Gasteiger partial charge is 0.463 e. The number of unbranched alkanes of at least 4 members (excludes halogenated alkanes) is 9. The molecule has 4 saturated heterocycles. The minimum atomic E-state index is -5.16. The summed E-state index contributed by atoms with van der Waals surface area (Å²) in [7, 11) is -5.16. The fraction of sp³-hybridized carbons (Fsp3) is 0.854. The molecule has 4 amide bonds. The standard InChI is InChI=1S/C48H82N4O25S/c1-6-7-8-9-10-11-12-13-14-15-16-17-18-19-32(59)52-34-38(61)37(60)30(22-69-27(5)58)74-46(34)75-42-28(20-53)72-47(35(40(42)63)50-25(3)56)76-43-29(21-54)73-48(36(41(43)64)51-26(4)57)77-44-31(23-70-78(66,67)68)71-45(65)33(39(44)62)49-24(2)55/h11-12,28-31,33-48,53-54,60-65H,6-10,13-23H2,1-5H3,(H,49,55)(H,50,56)(H,51,57)(H,52,59)(H,66,67,68)/b12-11-. The number of allylic oxidation sites excluding steroid dienone is 2. The van der Waals surface area contributed by atoms with Gasteiger partial charge < -0.3 is 100 Å². The summed E-state index contributed by atoms with van der Waals surface area (Å²) in [5.74, 6) is -3.72. The van der Waals surface area contributed by atoms with Gasteiger partial charge in [0.2, 0.25) is 23.6 Å². The van der Waals surface area contributed by atoms with E-state index in [1.165, 1.54) is 25.7 Å². The molecule has 4 aliphatic heterocycles. The number of ether oxygens (including phenoxy) is 8. The molecule has 4 rings (SSSR count). The maximum Gasteiger partial charge on any atom is 0.397 e. The van der Waals surface area contributed by atoms with E-state index in [4.69, 9.17) is 37.9 Å². The summed E-state index contributed by atoms with van der Waals surface area (Å²) in [6.45, 7) is 2.66. The third-order valence-corrected chi connectivity index (χ3v) is 13.8. The first-order valence-corrected chi connectivity index (χ1v) is 27.7. The molecule has 13 N–H and O–H groups in total. The summed E-state index contributed by atoms with van der Waals surface area (Å²) in [6, 6.07) is -6.66. The van der Waals surface area contributed by atoms with Crippen molar-refractivity contribution in [2.45, 2.75) is 234 Å². The zero-order chi connectivity index (χ0) is 57.9. The Balaban J connectivity index is 1.54. The number of esters is 1. The fourth-order valence-corrected chi connectivity index (χ4v) is 9.83. The molecule has 4 heterocycles. The molecule has 30 heteroatoms. The zero-order valence-corrected chi connectivity index (χ0v) is 45.3. The molecule has 20 unspecified atom stereocenters. The van der Waals surface area contributed by atoms with Gasteiger partial charge in [0.25, 0.3) is 0 Å². The van der Waals surface area contributed by atoms with Gasteiger partial charge in [0.1, 0.15) is 104 Å². The number of aliphatic hydroxyl groups is 8. The van der Waals surface area contributed by atoms with E-state index < -0.39 is 189 Å². The van der Waals surface area contributed by atoms with Gasteiger partial charge >= 0.3 is 16.4 Å². The first kappa shape index (κ1) is 66.9. The summed E-state index contributed by atoms with van der Waals surface area (Å²) >= 11 is 0. The van der Waals surface area contributed by atoms with Crippen molar-refractivity contribution >= 4 is 40.0 Å². The van der Waals surface area contributed by atoms with Crippen molar-refractivity contribution < 1.29 is 120 Å². The van der Waals surface area contributed by atoms with Gasteiger partial charge in [-0.1, -0.05) is 57.6 Å². The van der Waals surface area contributed by atoms with Gasteiger partial charge in [-0.3, -0.25) is 28.5 Å². The predicted molar refractivity (Wildman–Crippen MR) is 265 cm³/mol. The highest BCUT2D eigenvalue weighted by atomic mass is 32.3. The molecule has 4 fully saturated rings. The molecule has 0 radical (unpaired) electrons. The summed E-state index contributed by atoms with van der Waals surface area (Å²) in [5, 5.41) is 99.5. The van der Waals surface area contributed by atoms with E-state index >= 15 is 0 Å². The van der Waals surface area contributed by atoms with Crippen molar-refractivity contribution in [3.63, 3.8) is 0 Å². The average molecular weight is 1150 g/mol. The summed E-state index contributed by atoms with van der Waals surface area (Å²) in [5.41, 5.74) is 0. The van der Waals surface area contributed by atoms with Crippen LogP contribution in [0.2, 0.25) is 0 Å². The Labute approximate surface area is 452 Å². The number of aliphatic hydroxyl groups excluding tert-OH is 8. The van der Waals surface area contributed by atoms with Crippen LogP contribution in [0.3, 0.4) is 0 Å². The molecule has 0 aromatic rings. The molecule has 0 aromatic carbocycles. The van der Waals surface area contributed by atoms with E-state index in [1.54, 1.807) is 0 Å². The first-order valence-electron chi connectivity index (χ1n) is 26.3. The topological polar surface area (TPSA) is 433 Å². The monoisotopic (exact) mass is 1150 g/mol. The molecule has 29 nitrogen and oxygen atoms in total. The number of carbonyl (C=O) groups is 5. The van der Waals surface area contributed by atoms with Crippen LogP contribution in [0, 0.1) is 0 Å². The highest BCUT2D eigenvalue weighted by molar-refractivity contribution is 7.80. The normalized spacial score (nSPS) is 35.4. The molecule has 0 spiro atoms. The predicted octanol–water partition coefficient (Wildman–Crippen LogP) is -3.54. The van der Waals surface area contributed by atoms with E-state index in [1.807, 2.05) is 0 Å². The van der Waals surface area contributed by atoms with Crippen molar-refractivity contribution in [2.24, 2.45) is 0 Å². The van der Waals surface area contributed by atoms with Crippen molar-refractivity contribution in [3.05, 3.63) is 12.2 Å². The smallest absolute Gasteiger partial charge is 0.397 e. The first-order chi connectivity index (χ1) is 36.9. The molecule has 0 bridgehead atoms. The maximum absolute atomic E-state index is 13.4. The Morgan fingerprint density at radius 1 is 0.513 bits per heavy atom. The van der Waals surface area contributed by atoms with Gasteiger partial charge in [0.15, 0.2) is 25.2 Å². The van der Waals surface area contributed by atoms with E-state index in [2.05, 4.69) is 44.5 Å². The third kappa shape index (κ3) is 20.4. The number of hydrogen-bond donors (Lipinski definition) is 13. The highest BCUT2D eigenvalue weighted by Gasteiger charge is 2.56. The Morgan fingerprint density at radius 2 is 0.936 bits per heavy atom. The van der Waals surface area contributed by atoms with Crippen LogP contribution in [0.25, 0.3) is 0 Å². The Hall–Kier alpha value is -3.64. The molecular formula is C48H82N4O25S. The molecule has 450 valence electrons. The van der Waals surface area contributed by atoms with Crippen LogP contribution in [0.5, 0.6) is 0 Å². The lowest BCUT2D eigenvalue weighted by Crippen LogP contribution is -2.71. The second-order valence-corrected chi connectivity index (χ2v) is 20.8. The van der Waals surface area contributed by atoms with Gasteiger partial charge in [0, 0.05) is 34.1 Å². The number of rotatable bonds is 30. The van der Waals surface area contributed by atoms with Crippen molar-refractivity contribution in [1.29, 1.82) is 0 Å². The molecule has 4 aliphatic rings. The van der Waals surface area contributed by atoms with Crippen LogP contribution >= 0.6 is 0 Å². The van der Waals surface area contributed by atoms with Crippen molar-refractivity contribution in [1.82, 2.24) is 21.3 Å². The number of hydrogen-bond acceptors (Lipinski definition) is 24. The molecule has 20 atom stereocenters. The maximum atomic E-state index is 13.4. The Morgan fingerprint density at radius 3 is 1.40 bits per heavy atom. The van der Waals surface area contributed by atoms with E-state index in [-0.39, 0.29) is 6.42 Å². The summed E-state index contributed by atoms with van der Waals surface area (Å²) in [6.07, 6.45) is -13.9. The van der Waals surface area contributed by atoms with Gasteiger partial charge in [-0.2, -0.15) is 8.42 Å². The Bertz CT molecular complexity index is 2030. The van der Waals surface area contributed by atoms with Crippen LogP contribution in [0.15, 0.2) is 12.2 Å². The van der Waals surface area contributed by atoms with Crippen LogP contribution in [0.1, 0.15) is 112 Å². The molecule has 0 aromatic heterocycles. The fourth-order valence-electron chi connectivity index (χ4n) is 9.52. The average Bonchev–Trinajstić information content (AvgIpc) is 3.43. The Kier molecular flexibility index (Phi) is 28.0. The molecule has 0 saturated carbocycles. The number of amides is 4. The summed E-state index contributed by atoms with van der Waals surface area (Å²) < 4.78 is 83.3. The third-order valence-electron chi connectivity index (χ3n) is 13.4. The van der Waals surface area contributed by atoms with Crippen LogP contribution in [0.4, 0.5) is 0 Å². The highest BCUT2D eigenvalue weighted by Crippen LogP contribution is 2.35. The van der Waals surface area contributed by atoms with E-state index in [0.29, 0.717) is 6.42 Å². The zero-order valence-electron chi connectivity index (χ0n) is 44.5. The summed E-state index contributed by atoms with van der Waals surface area (Å²) in [4.78, 5) is 62.5. The second kappa shape index (κ2) is 32.7. The SMILES string of the molecule is CCCCCC/C=C\CCCCCCCC(=O)NC1C(OC2C(CO)OC(OC3C(CO)OC(OC4C(COS(=O)(=O)O)OC(O)C(NC(C)=O)C4O)C(NC(C)=O)C3O)C(NC(C)=O)C2O)OC(COC(C)=O)C(O)C1O. The number of carbonyl (C=O) groups excluding carboxylic acids is 5. The minimum Gasteiger partial charge on any atom is -0.463 e. The second-order valence-electron chi connectivity index (χ2n) is 19.7. The van der Waals surface area contributed by atoms with E-state index in [0.717, 1.165) is 66.2 Å². The minimum absolute atomic E-state index is 0.00649. The van der Waals surface area contributed by atoms with Crippen LogP contribution in [-0.2, 0) is 76.4 Å². The molecule has 0 aliphatic carbocycles. The lowest BCUT2D eigenvalue weighted by Gasteiger charge is -2.51. The molecular weight excluding hydrogens is 1060 g/mol. The lowest BCUT2D eigenvalue weighted by molar-refractivity contribution is -0.361. The number of nitrogens with one attached hydrogen (secondary N) is 4. The quantitative estimate of drug-likeness (QED) is 0.0143. The van der Waals surface area contributed by atoms with E-state index in [9.17, 15) is 77.8 Å². The lowest BCUT2D eigenvalue weighted by atomic mass is 9.93. The van der Waals surface area contributed by atoms with Gasteiger partial charge in [-0.15, -0.1) is 0 Å². The van der Waals surface area contributed by atoms with Crippen LogP contribution in [-0.4, -0.2) is 232 Å². The van der Waals surface area contributed by atoms with Gasteiger partial charge in [0.05, 0.1) is 19.8 Å². The van der Waals surface area contributed by atoms with Crippen molar-refractivity contribution in [3.8, 4) is 0 Å².